The molecule has 0 amide bonds. The molecule has 1 aliphatic heterocycles. The van der Waals surface area contributed by atoms with Crippen LogP contribution < -0.4 is 9.64 Å². The zero-order valence-corrected chi connectivity index (χ0v) is 14.9. The maximum atomic E-state index is 14.0. The summed E-state index contributed by atoms with van der Waals surface area (Å²) in [6.07, 6.45) is 5.57. The monoisotopic (exact) mass is 371 g/mol. The Morgan fingerprint density at radius 2 is 2.07 bits per heavy atom. The van der Waals surface area contributed by atoms with Crippen LogP contribution in [-0.2, 0) is 6.54 Å². The summed E-state index contributed by atoms with van der Waals surface area (Å²) >= 11 is 0. The summed E-state index contributed by atoms with van der Waals surface area (Å²) in [5.41, 5.74) is 2.20. The van der Waals surface area contributed by atoms with Gasteiger partial charge in [0.2, 0.25) is 5.82 Å². The van der Waals surface area contributed by atoms with Gasteiger partial charge in [0.25, 0.3) is 0 Å². The molecule has 0 spiro atoms. The molecule has 1 saturated heterocycles. The fourth-order valence-electron chi connectivity index (χ4n) is 2.93. The van der Waals surface area contributed by atoms with Gasteiger partial charge in [-0.1, -0.05) is 0 Å². The highest BCUT2D eigenvalue weighted by atomic mass is 19.2. The predicted molar refractivity (Wildman–Crippen MR) is 101 cm³/mol. The third kappa shape index (κ3) is 4.16. The number of piperidine rings is 1. The maximum Gasteiger partial charge on any atom is 0.202 e. The van der Waals surface area contributed by atoms with Crippen molar-refractivity contribution in [2.45, 2.75) is 13.0 Å². The lowest BCUT2D eigenvalue weighted by Crippen LogP contribution is -2.36. The van der Waals surface area contributed by atoms with Crippen molar-refractivity contribution in [2.24, 2.45) is 9.98 Å². The van der Waals surface area contributed by atoms with Gasteiger partial charge in [-0.25, -0.2) is 14.4 Å². The van der Waals surface area contributed by atoms with Gasteiger partial charge in [-0.05, 0) is 24.9 Å². The molecule has 2 aromatic rings. The van der Waals surface area contributed by atoms with Crippen molar-refractivity contribution in [2.75, 3.05) is 25.1 Å². The summed E-state index contributed by atoms with van der Waals surface area (Å²) in [6, 6.07) is 4.35. The molecule has 3 rings (SSSR count). The Morgan fingerprint density at radius 1 is 1.30 bits per heavy atom. The summed E-state index contributed by atoms with van der Waals surface area (Å²) in [5.74, 6) is -1.43. The minimum atomic E-state index is -0.997. The van der Waals surface area contributed by atoms with E-state index >= 15 is 0 Å². The van der Waals surface area contributed by atoms with E-state index in [1.54, 1.807) is 24.7 Å². The lowest BCUT2D eigenvalue weighted by atomic mass is 10.0. The summed E-state index contributed by atoms with van der Waals surface area (Å²) < 4.78 is 32.6. The van der Waals surface area contributed by atoms with Crippen LogP contribution in [0.5, 0.6) is 5.75 Å². The molecule has 0 bridgehead atoms. The SMILES string of the molecule is C=N/C=C1/CN(c2ccc(F)c(F)c2OC)CC/C1=N/Cc1ncccn1. The number of aliphatic imine (C=N–C) groups is 2. The second kappa shape index (κ2) is 8.48. The van der Waals surface area contributed by atoms with Crippen molar-refractivity contribution in [1.82, 2.24) is 9.97 Å². The van der Waals surface area contributed by atoms with Crippen LogP contribution in [0.2, 0.25) is 0 Å². The van der Waals surface area contributed by atoms with Gasteiger partial charge in [0, 0.05) is 49.4 Å². The first-order valence-corrected chi connectivity index (χ1v) is 8.35. The molecule has 27 heavy (non-hydrogen) atoms. The topological polar surface area (TPSA) is 63.0 Å². The Kier molecular flexibility index (Phi) is 5.85. The van der Waals surface area contributed by atoms with Crippen molar-refractivity contribution in [3.63, 3.8) is 0 Å². The van der Waals surface area contributed by atoms with E-state index in [4.69, 9.17) is 4.74 Å². The van der Waals surface area contributed by atoms with Crippen molar-refractivity contribution < 1.29 is 13.5 Å². The smallest absolute Gasteiger partial charge is 0.202 e. The van der Waals surface area contributed by atoms with E-state index < -0.39 is 11.6 Å². The Balaban J connectivity index is 1.84. The summed E-state index contributed by atoms with van der Waals surface area (Å²) in [7, 11) is 1.32. The number of methoxy groups -OCH3 is 1. The first kappa shape index (κ1) is 18.6. The van der Waals surface area contributed by atoms with Crippen LogP contribution in [-0.4, -0.2) is 42.6 Å². The lowest BCUT2D eigenvalue weighted by molar-refractivity contribution is 0.372. The van der Waals surface area contributed by atoms with Gasteiger partial charge in [-0.15, -0.1) is 0 Å². The van der Waals surface area contributed by atoms with Crippen molar-refractivity contribution in [3.05, 3.63) is 59.8 Å². The second-order valence-electron chi connectivity index (χ2n) is 5.85. The molecular formula is C19H19F2N5O. The highest BCUT2D eigenvalue weighted by molar-refractivity contribution is 6.02. The zero-order valence-electron chi connectivity index (χ0n) is 14.9. The molecule has 1 aliphatic rings. The number of halogens is 2. The van der Waals surface area contributed by atoms with Gasteiger partial charge in [0.15, 0.2) is 11.6 Å². The third-order valence-electron chi connectivity index (χ3n) is 4.20. The van der Waals surface area contributed by atoms with Crippen LogP contribution in [0.25, 0.3) is 0 Å². The molecule has 0 atom stereocenters. The van der Waals surface area contributed by atoms with Gasteiger partial charge in [-0.3, -0.25) is 9.98 Å². The van der Waals surface area contributed by atoms with E-state index in [0.717, 1.165) is 17.4 Å². The standard InChI is InChI=1S/C19H19F2N5O/c1-22-10-13-12-26(16-5-4-14(20)18(21)19(16)27-2)9-6-15(13)25-11-17-23-7-3-8-24-17/h3-5,7-8,10H,1,6,9,11-12H2,2H3/b13-10-,25-15-. The highest BCUT2D eigenvalue weighted by Gasteiger charge is 2.25. The predicted octanol–water partition coefficient (Wildman–Crippen LogP) is 3.20. The maximum absolute atomic E-state index is 14.0. The number of aromatic nitrogens is 2. The van der Waals surface area contributed by atoms with Gasteiger partial charge in [0.1, 0.15) is 5.82 Å². The van der Waals surface area contributed by atoms with Gasteiger partial charge >= 0.3 is 0 Å². The van der Waals surface area contributed by atoms with E-state index in [2.05, 4.69) is 26.7 Å². The zero-order chi connectivity index (χ0) is 19.2. The number of hydrogen-bond donors (Lipinski definition) is 0. The van der Waals surface area contributed by atoms with Gasteiger partial charge in [0.05, 0.1) is 19.3 Å². The molecule has 0 N–H and O–H groups in total. The molecular weight excluding hydrogens is 352 g/mol. The van der Waals surface area contributed by atoms with Crippen LogP contribution in [0, 0.1) is 11.6 Å². The average Bonchev–Trinajstić information content (AvgIpc) is 2.70. The minimum absolute atomic E-state index is 0.112. The highest BCUT2D eigenvalue weighted by Crippen LogP contribution is 2.34. The lowest BCUT2D eigenvalue weighted by Gasteiger charge is -2.32. The van der Waals surface area contributed by atoms with E-state index in [0.29, 0.717) is 37.6 Å². The molecule has 0 saturated carbocycles. The first-order chi connectivity index (χ1) is 13.1. The fraction of sp³-hybridized carbons (Fsp3) is 0.263. The molecule has 0 unspecified atom stereocenters. The van der Waals surface area contributed by atoms with Crippen molar-refractivity contribution in [1.29, 1.82) is 0 Å². The Bertz CT molecular complexity index is 883. The number of rotatable bonds is 5. The Labute approximate surface area is 156 Å². The molecule has 0 radical (unpaired) electrons. The van der Waals surface area contributed by atoms with E-state index in [1.165, 1.54) is 13.2 Å². The Hall–Kier alpha value is -3.16. The molecule has 0 aliphatic carbocycles. The van der Waals surface area contributed by atoms with Gasteiger partial charge in [-0.2, -0.15) is 4.39 Å². The van der Waals surface area contributed by atoms with E-state index in [-0.39, 0.29) is 5.75 Å². The van der Waals surface area contributed by atoms with Crippen LogP contribution >= 0.6 is 0 Å². The second-order valence-corrected chi connectivity index (χ2v) is 5.85. The summed E-state index contributed by atoms with van der Waals surface area (Å²) in [5, 5.41) is 0. The fourth-order valence-corrected chi connectivity index (χ4v) is 2.93. The number of ether oxygens (including phenoxy) is 1. The summed E-state index contributed by atoms with van der Waals surface area (Å²) in [4.78, 5) is 18.7. The summed E-state index contributed by atoms with van der Waals surface area (Å²) in [6.45, 7) is 4.87. The van der Waals surface area contributed by atoms with Crippen molar-refractivity contribution in [3.8, 4) is 5.75 Å². The van der Waals surface area contributed by atoms with Gasteiger partial charge < -0.3 is 9.64 Å². The number of benzene rings is 1. The van der Waals surface area contributed by atoms with E-state index in [9.17, 15) is 8.78 Å². The van der Waals surface area contributed by atoms with Crippen LogP contribution in [0.4, 0.5) is 14.5 Å². The average molecular weight is 371 g/mol. The quantitative estimate of drug-likeness (QED) is 0.758. The minimum Gasteiger partial charge on any atom is -0.491 e. The first-order valence-electron chi connectivity index (χ1n) is 8.35. The molecule has 1 fully saturated rings. The van der Waals surface area contributed by atoms with Crippen molar-refractivity contribution >= 4 is 18.1 Å². The normalized spacial score (nSPS) is 17.4. The molecule has 8 heteroatoms. The Morgan fingerprint density at radius 3 is 2.78 bits per heavy atom. The van der Waals surface area contributed by atoms with Crippen LogP contribution in [0.3, 0.4) is 0 Å². The molecule has 6 nitrogen and oxygen atoms in total. The molecule has 1 aromatic carbocycles. The van der Waals surface area contributed by atoms with Crippen LogP contribution in [0.15, 0.2) is 52.4 Å². The van der Waals surface area contributed by atoms with Crippen LogP contribution in [0.1, 0.15) is 12.2 Å². The largest absolute Gasteiger partial charge is 0.491 e. The third-order valence-corrected chi connectivity index (χ3v) is 4.20. The number of anilines is 1. The molecule has 140 valence electrons. The molecule has 2 heterocycles. The number of hydrogen-bond acceptors (Lipinski definition) is 6. The van der Waals surface area contributed by atoms with E-state index in [1.807, 2.05) is 4.90 Å². The number of nitrogens with zero attached hydrogens (tertiary/aromatic N) is 5. The molecule has 1 aromatic heterocycles.